The molecule has 7 aromatic carbocycles. The normalized spacial score (nSPS) is 17.0. The van der Waals surface area contributed by atoms with Crippen molar-refractivity contribution in [2.45, 2.75) is 29.1 Å². The fourth-order valence-electron chi connectivity index (χ4n) is 7.98. The molecule has 0 saturated heterocycles. The lowest BCUT2D eigenvalue weighted by Crippen LogP contribution is -2.38. The van der Waals surface area contributed by atoms with Crippen molar-refractivity contribution in [2.75, 3.05) is 4.90 Å². The second kappa shape index (κ2) is 11.8. The van der Waals surface area contributed by atoms with E-state index < -0.39 is 11.9 Å². The lowest BCUT2D eigenvalue weighted by molar-refractivity contribution is 0.729. The van der Waals surface area contributed by atoms with Crippen molar-refractivity contribution in [1.29, 1.82) is 0 Å². The molecule has 2 aliphatic heterocycles. The Morgan fingerprint density at radius 2 is 1.02 bits per heavy atom. The minimum atomic E-state index is -2.15. The molecule has 2 heterocycles. The largest absolute Gasteiger partial charge is 0.310 e. The molecule has 0 N–H and O–H groups in total. The van der Waals surface area contributed by atoms with Gasteiger partial charge in [0.05, 0.1) is 26.6 Å². The van der Waals surface area contributed by atoms with Gasteiger partial charge in [0.1, 0.15) is 15.9 Å². The number of thiol groups is 1. The van der Waals surface area contributed by atoms with Gasteiger partial charge in [0.25, 0.3) is 0 Å². The summed E-state index contributed by atoms with van der Waals surface area (Å²) in [4.78, 5) is 5.06. The Morgan fingerprint density at radius 1 is 0.510 bits per heavy atom. The highest BCUT2D eigenvalue weighted by Gasteiger charge is 2.50. The van der Waals surface area contributed by atoms with Crippen molar-refractivity contribution in [1.82, 2.24) is 0 Å². The highest BCUT2D eigenvalue weighted by Crippen LogP contribution is 2.66. The highest BCUT2D eigenvalue weighted by atomic mass is 32.7. The van der Waals surface area contributed by atoms with E-state index in [1.54, 1.807) is 0 Å². The fourth-order valence-corrected chi connectivity index (χ4v) is 14.6. The van der Waals surface area contributed by atoms with Gasteiger partial charge in [-0.25, -0.2) is 0 Å². The Balaban J connectivity index is 1.32. The van der Waals surface area contributed by atoms with Gasteiger partial charge in [-0.15, -0.1) is 0 Å². The Kier molecular flexibility index (Phi) is 7.36. The third kappa shape index (κ3) is 4.60. The third-order valence-electron chi connectivity index (χ3n) is 10.1. The van der Waals surface area contributed by atoms with Crippen LogP contribution in [0.1, 0.15) is 33.4 Å². The van der Waals surface area contributed by atoms with Crippen LogP contribution in [0.3, 0.4) is 0 Å². The first-order valence-electron chi connectivity index (χ1n) is 16.7. The SMILES string of the molecule is Cc1ccc2c(c1)C(c1ccccc1)(c1ccccc1)c1cc(C)ccc1N2c1ccc2c(c1)Sc1ccccc1[P+]2(S)c1ccccc1. The van der Waals surface area contributed by atoms with Gasteiger partial charge < -0.3 is 4.90 Å². The molecule has 0 amide bonds. The summed E-state index contributed by atoms with van der Waals surface area (Å²) >= 11 is 7.53. The summed E-state index contributed by atoms with van der Waals surface area (Å²) in [7, 11) is 0. The van der Waals surface area contributed by atoms with Crippen LogP contribution in [-0.2, 0) is 5.41 Å². The molecule has 0 bridgehead atoms. The average molecular weight is 685 g/mol. The molecule has 1 nitrogen and oxygen atoms in total. The summed E-state index contributed by atoms with van der Waals surface area (Å²) in [5.41, 5.74) is 10.7. The van der Waals surface area contributed by atoms with Crippen molar-refractivity contribution in [3.8, 4) is 0 Å². The van der Waals surface area contributed by atoms with Gasteiger partial charge in [-0.3, -0.25) is 0 Å². The minimum absolute atomic E-state index is 0.497. The summed E-state index contributed by atoms with van der Waals surface area (Å²) in [6.07, 6.45) is 0. The first-order valence-corrected chi connectivity index (χ1v) is 20.5. The molecule has 0 saturated carbocycles. The Hall–Kier alpha value is -4.53. The summed E-state index contributed by atoms with van der Waals surface area (Å²) in [6.45, 7) is 2.28. The maximum atomic E-state index is 5.66. The van der Waals surface area contributed by atoms with Crippen molar-refractivity contribution >= 4 is 63.5 Å². The molecule has 0 radical (unpaired) electrons. The van der Waals surface area contributed by atoms with E-state index in [2.05, 4.69) is 189 Å². The molecule has 49 heavy (non-hydrogen) atoms. The number of nitrogens with zero attached hydrogens (tertiary/aromatic N) is 1. The second-order valence-electron chi connectivity index (χ2n) is 13.1. The lowest BCUT2D eigenvalue weighted by Gasteiger charge is -2.47. The summed E-state index contributed by atoms with van der Waals surface area (Å²) in [6, 6.07) is 63.0. The van der Waals surface area contributed by atoms with Gasteiger partial charge >= 0.3 is 0 Å². The zero-order valence-corrected chi connectivity index (χ0v) is 30.0. The highest BCUT2D eigenvalue weighted by molar-refractivity contribution is 8.61. The summed E-state index contributed by atoms with van der Waals surface area (Å²) < 4.78 is 0. The van der Waals surface area contributed by atoms with E-state index in [0.29, 0.717) is 0 Å². The van der Waals surface area contributed by atoms with Crippen LogP contribution in [0.15, 0.2) is 180 Å². The predicted molar refractivity (Wildman–Crippen MR) is 214 cm³/mol. The van der Waals surface area contributed by atoms with Crippen LogP contribution in [0.25, 0.3) is 0 Å². The maximum Gasteiger partial charge on any atom is 0.169 e. The monoisotopic (exact) mass is 684 g/mol. The standard InChI is InChI=1S/C45H35NPS2/c1-31-22-25-39-37(28-31)45(33-14-6-3-7-15-33,34-16-8-4-9-17-34)38-29-32(2)23-26-40(38)46(39)35-24-27-42-44(30-35)49-43-21-13-12-20-41(43)47(42,48)36-18-10-5-11-19-36/h3-30,48H,1-2H3/q+1. The van der Waals surface area contributed by atoms with E-state index in [1.807, 2.05) is 11.8 Å². The molecule has 7 aromatic rings. The van der Waals surface area contributed by atoms with Crippen LogP contribution >= 0.6 is 30.5 Å². The summed E-state index contributed by atoms with van der Waals surface area (Å²) in [5, 5.41) is 3.95. The molecule has 236 valence electrons. The summed E-state index contributed by atoms with van der Waals surface area (Å²) in [5.74, 6) is 0. The predicted octanol–water partition coefficient (Wildman–Crippen LogP) is 11.1. The number of anilines is 3. The van der Waals surface area contributed by atoms with Gasteiger partial charge in [-0.2, -0.15) is 0 Å². The number of fused-ring (bicyclic) bond motifs is 4. The van der Waals surface area contributed by atoms with E-state index >= 15 is 0 Å². The van der Waals surface area contributed by atoms with Gasteiger partial charge in [-0.1, -0.05) is 138 Å². The quantitative estimate of drug-likeness (QED) is 0.145. The molecule has 0 fully saturated rings. The minimum Gasteiger partial charge on any atom is -0.310 e. The van der Waals surface area contributed by atoms with Crippen LogP contribution in [0, 0.1) is 13.8 Å². The van der Waals surface area contributed by atoms with E-state index in [9.17, 15) is 0 Å². The van der Waals surface area contributed by atoms with E-state index in [-0.39, 0.29) is 0 Å². The Labute approximate surface area is 299 Å². The topological polar surface area (TPSA) is 3.24 Å². The fraction of sp³-hybridized carbons (Fsp3) is 0.0667. The molecule has 1 atom stereocenters. The van der Waals surface area contributed by atoms with E-state index in [4.69, 9.17) is 12.2 Å². The first-order chi connectivity index (χ1) is 24.0. The van der Waals surface area contributed by atoms with Crippen LogP contribution < -0.4 is 20.8 Å². The number of aryl methyl sites for hydroxylation is 2. The van der Waals surface area contributed by atoms with Crippen LogP contribution in [-0.4, -0.2) is 0 Å². The third-order valence-corrected chi connectivity index (χ3v) is 16.8. The molecule has 4 heteroatoms. The molecule has 0 spiro atoms. The van der Waals surface area contributed by atoms with Gasteiger partial charge in [0.15, 0.2) is 6.46 Å². The molecule has 9 rings (SSSR count). The molecule has 2 aliphatic rings. The Morgan fingerprint density at radius 3 is 1.61 bits per heavy atom. The van der Waals surface area contributed by atoms with Crippen molar-refractivity contribution in [3.05, 3.63) is 203 Å². The van der Waals surface area contributed by atoms with Gasteiger partial charge in [-0.05, 0) is 90.7 Å². The Bertz CT molecular complexity index is 2260. The molecule has 0 aliphatic carbocycles. The first kappa shape index (κ1) is 30.5. The van der Waals surface area contributed by atoms with Crippen molar-refractivity contribution in [3.63, 3.8) is 0 Å². The molecular weight excluding hydrogens is 650 g/mol. The maximum absolute atomic E-state index is 5.66. The van der Waals surface area contributed by atoms with Crippen LogP contribution in [0.4, 0.5) is 17.1 Å². The molecule has 1 unspecified atom stereocenters. The second-order valence-corrected chi connectivity index (χ2v) is 18.7. The zero-order valence-electron chi connectivity index (χ0n) is 27.4. The lowest BCUT2D eigenvalue weighted by atomic mass is 9.62. The van der Waals surface area contributed by atoms with Gasteiger partial charge in [0, 0.05) is 17.9 Å². The van der Waals surface area contributed by atoms with Crippen molar-refractivity contribution < 1.29 is 0 Å². The van der Waals surface area contributed by atoms with E-state index in [1.165, 1.54) is 70.5 Å². The number of benzene rings is 7. The number of hydrogen-bond donors (Lipinski definition) is 1. The smallest absolute Gasteiger partial charge is 0.169 e. The van der Waals surface area contributed by atoms with Crippen molar-refractivity contribution in [2.24, 2.45) is 0 Å². The molecular formula is C45H35NPS2+. The van der Waals surface area contributed by atoms with Crippen LogP contribution in [0.2, 0.25) is 0 Å². The van der Waals surface area contributed by atoms with E-state index in [0.717, 1.165) is 5.69 Å². The zero-order chi connectivity index (χ0) is 33.2. The van der Waals surface area contributed by atoms with Gasteiger partial charge in [0.2, 0.25) is 0 Å². The number of rotatable bonds is 4. The number of hydrogen-bond acceptors (Lipinski definition) is 3. The van der Waals surface area contributed by atoms with Crippen LogP contribution in [0.5, 0.6) is 0 Å². The average Bonchev–Trinajstić information content (AvgIpc) is 3.15. The molecule has 0 aromatic heterocycles.